The van der Waals surface area contributed by atoms with Gasteiger partial charge in [0.15, 0.2) is 0 Å². The zero-order valence-corrected chi connectivity index (χ0v) is 15.7. The Labute approximate surface area is 159 Å². The molecule has 27 heavy (non-hydrogen) atoms. The average Bonchev–Trinajstić information content (AvgIpc) is 3.14. The lowest BCUT2D eigenvalue weighted by Gasteiger charge is -2.10. The minimum absolute atomic E-state index is 0.0735. The summed E-state index contributed by atoms with van der Waals surface area (Å²) in [4.78, 5) is 14.3. The highest BCUT2D eigenvalue weighted by atomic mass is 16.4. The number of aromatic nitrogens is 2. The maximum absolute atomic E-state index is 12.2. The molecule has 3 rings (SSSR count). The average molecular weight is 364 g/mol. The molecule has 0 spiro atoms. The Morgan fingerprint density at radius 2 is 1.78 bits per heavy atom. The van der Waals surface area contributed by atoms with Crippen molar-refractivity contribution < 1.29 is 9.21 Å². The highest BCUT2D eigenvalue weighted by Crippen LogP contribution is 2.19. The van der Waals surface area contributed by atoms with Gasteiger partial charge in [-0.25, -0.2) is 0 Å². The minimum Gasteiger partial charge on any atom is -0.420 e. The second-order valence-corrected chi connectivity index (χ2v) is 6.65. The van der Waals surface area contributed by atoms with E-state index >= 15 is 0 Å². The van der Waals surface area contributed by atoms with Crippen LogP contribution in [0.5, 0.6) is 0 Å². The number of benzene rings is 2. The molecule has 0 saturated heterocycles. The van der Waals surface area contributed by atoms with E-state index < -0.39 is 0 Å². The van der Waals surface area contributed by atoms with Gasteiger partial charge in [-0.2, -0.15) is 0 Å². The number of hydrogen-bond donors (Lipinski definition) is 1. The van der Waals surface area contributed by atoms with Crippen LogP contribution in [0.4, 0.5) is 0 Å². The van der Waals surface area contributed by atoms with Crippen LogP contribution in [0.1, 0.15) is 28.2 Å². The third-order valence-electron chi connectivity index (χ3n) is 4.13. The normalized spacial score (nSPS) is 10.9. The molecule has 1 N–H and O–H groups in total. The summed E-state index contributed by atoms with van der Waals surface area (Å²) < 4.78 is 5.75. The Morgan fingerprint density at radius 3 is 2.48 bits per heavy atom. The molecular formula is C21H24N4O2. The Kier molecular flexibility index (Phi) is 6.33. The SMILES string of the molecule is CN(C)CCCNC(=O)c1ccc(-c2nnc(Cc3ccccc3)o2)cc1. The second kappa shape index (κ2) is 9.09. The summed E-state index contributed by atoms with van der Waals surface area (Å²) >= 11 is 0. The van der Waals surface area contributed by atoms with Gasteiger partial charge in [0, 0.05) is 17.7 Å². The number of hydrogen-bond acceptors (Lipinski definition) is 5. The van der Waals surface area contributed by atoms with Crippen LogP contribution in [0.25, 0.3) is 11.5 Å². The van der Waals surface area contributed by atoms with Crippen molar-refractivity contribution in [2.75, 3.05) is 27.2 Å². The summed E-state index contributed by atoms with van der Waals surface area (Å²) in [6.07, 6.45) is 1.52. The van der Waals surface area contributed by atoms with Gasteiger partial charge in [0.05, 0.1) is 6.42 Å². The van der Waals surface area contributed by atoms with E-state index in [2.05, 4.69) is 20.4 Å². The van der Waals surface area contributed by atoms with Gasteiger partial charge in [-0.05, 0) is 56.9 Å². The zero-order chi connectivity index (χ0) is 19.1. The van der Waals surface area contributed by atoms with E-state index in [1.807, 2.05) is 56.6 Å². The van der Waals surface area contributed by atoms with Crippen molar-refractivity contribution in [1.29, 1.82) is 0 Å². The van der Waals surface area contributed by atoms with E-state index in [-0.39, 0.29) is 5.91 Å². The third kappa shape index (κ3) is 5.49. The molecule has 0 fully saturated rings. The molecule has 0 saturated carbocycles. The van der Waals surface area contributed by atoms with Crippen LogP contribution in [-0.2, 0) is 6.42 Å². The molecule has 0 aliphatic heterocycles. The van der Waals surface area contributed by atoms with Gasteiger partial charge >= 0.3 is 0 Å². The van der Waals surface area contributed by atoms with E-state index in [1.165, 1.54) is 0 Å². The quantitative estimate of drug-likeness (QED) is 0.622. The van der Waals surface area contributed by atoms with Gasteiger partial charge in [-0.1, -0.05) is 30.3 Å². The third-order valence-corrected chi connectivity index (χ3v) is 4.13. The van der Waals surface area contributed by atoms with Crippen molar-refractivity contribution in [1.82, 2.24) is 20.4 Å². The summed E-state index contributed by atoms with van der Waals surface area (Å²) in [5, 5.41) is 11.1. The summed E-state index contributed by atoms with van der Waals surface area (Å²) in [5.74, 6) is 0.952. The first-order valence-electron chi connectivity index (χ1n) is 9.01. The molecule has 1 amide bonds. The summed E-state index contributed by atoms with van der Waals surface area (Å²) in [7, 11) is 4.03. The van der Waals surface area contributed by atoms with Gasteiger partial charge in [-0.15, -0.1) is 10.2 Å². The molecule has 1 aromatic heterocycles. The largest absolute Gasteiger partial charge is 0.420 e. The van der Waals surface area contributed by atoms with Crippen LogP contribution in [0.2, 0.25) is 0 Å². The van der Waals surface area contributed by atoms with Crippen LogP contribution in [0, 0.1) is 0 Å². The Bertz CT molecular complexity index is 857. The van der Waals surface area contributed by atoms with Crippen molar-refractivity contribution >= 4 is 5.91 Å². The number of carbonyl (C=O) groups excluding carboxylic acids is 1. The Hall–Kier alpha value is -2.99. The van der Waals surface area contributed by atoms with Crippen molar-refractivity contribution in [3.63, 3.8) is 0 Å². The summed E-state index contributed by atoms with van der Waals surface area (Å²) in [6.45, 7) is 1.60. The first kappa shape index (κ1) is 18.8. The molecule has 3 aromatic rings. The lowest BCUT2D eigenvalue weighted by molar-refractivity contribution is 0.0952. The van der Waals surface area contributed by atoms with Gasteiger partial charge in [0.25, 0.3) is 5.91 Å². The van der Waals surface area contributed by atoms with Gasteiger partial charge in [0.2, 0.25) is 11.8 Å². The number of rotatable bonds is 8. The monoisotopic (exact) mass is 364 g/mol. The molecule has 0 unspecified atom stereocenters. The molecule has 140 valence electrons. The van der Waals surface area contributed by atoms with E-state index in [4.69, 9.17) is 4.42 Å². The van der Waals surface area contributed by atoms with Gasteiger partial charge in [-0.3, -0.25) is 4.79 Å². The van der Waals surface area contributed by atoms with Gasteiger partial charge < -0.3 is 14.6 Å². The van der Waals surface area contributed by atoms with E-state index in [1.54, 1.807) is 12.1 Å². The molecule has 0 aliphatic carbocycles. The van der Waals surface area contributed by atoms with Crippen molar-refractivity contribution in [3.05, 3.63) is 71.6 Å². The number of nitrogens with one attached hydrogen (secondary N) is 1. The fraction of sp³-hybridized carbons (Fsp3) is 0.286. The number of amides is 1. The summed E-state index contributed by atoms with van der Waals surface area (Å²) in [5.41, 5.74) is 2.53. The lowest BCUT2D eigenvalue weighted by Crippen LogP contribution is -2.27. The van der Waals surface area contributed by atoms with Crippen LogP contribution in [0.15, 0.2) is 59.0 Å². The Balaban J connectivity index is 1.58. The predicted molar refractivity (Wildman–Crippen MR) is 104 cm³/mol. The summed E-state index contributed by atoms with van der Waals surface area (Å²) in [6, 6.07) is 17.2. The Morgan fingerprint density at radius 1 is 1.04 bits per heavy atom. The van der Waals surface area contributed by atoms with Crippen molar-refractivity contribution in [3.8, 4) is 11.5 Å². The smallest absolute Gasteiger partial charge is 0.251 e. The molecule has 6 nitrogen and oxygen atoms in total. The van der Waals surface area contributed by atoms with Gasteiger partial charge in [0.1, 0.15) is 0 Å². The fourth-order valence-corrected chi connectivity index (χ4v) is 2.68. The first-order chi connectivity index (χ1) is 13.1. The molecule has 0 bridgehead atoms. The fourth-order valence-electron chi connectivity index (χ4n) is 2.68. The molecule has 0 aliphatic rings. The first-order valence-corrected chi connectivity index (χ1v) is 9.01. The van der Waals surface area contributed by atoms with E-state index in [0.717, 1.165) is 24.1 Å². The zero-order valence-electron chi connectivity index (χ0n) is 15.7. The van der Waals surface area contributed by atoms with Crippen LogP contribution >= 0.6 is 0 Å². The van der Waals surface area contributed by atoms with E-state index in [0.29, 0.717) is 30.3 Å². The highest BCUT2D eigenvalue weighted by Gasteiger charge is 2.11. The number of carbonyl (C=O) groups is 1. The van der Waals surface area contributed by atoms with Crippen LogP contribution in [-0.4, -0.2) is 48.2 Å². The lowest BCUT2D eigenvalue weighted by atomic mass is 10.1. The maximum Gasteiger partial charge on any atom is 0.251 e. The molecule has 1 heterocycles. The number of nitrogens with zero attached hydrogens (tertiary/aromatic N) is 3. The predicted octanol–water partition coefficient (Wildman–Crippen LogP) is 3.01. The molecule has 2 aromatic carbocycles. The van der Waals surface area contributed by atoms with Crippen molar-refractivity contribution in [2.45, 2.75) is 12.8 Å². The van der Waals surface area contributed by atoms with Crippen molar-refractivity contribution in [2.24, 2.45) is 0 Å². The standard InChI is InChI=1S/C21H24N4O2/c1-25(2)14-6-13-22-20(26)17-9-11-18(12-10-17)21-24-23-19(27-21)15-16-7-4-3-5-8-16/h3-5,7-12H,6,13-15H2,1-2H3,(H,22,26). The highest BCUT2D eigenvalue weighted by molar-refractivity contribution is 5.94. The molecule has 0 radical (unpaired) electrons. The molecule has 6 heteroatoms. The second-order valence-electron chi connectivity index (χ2n) is 6.65. The van der Waals surface area contributed by atoms with E-state index in [9.17, 15) is 4.79 Å². The van der Waals surface area contributed by atoms with Crippen LogP contribution in [0.3, 0.4) is 0 Å². The van der Waals surface area contributed by atoms with Crippen LogP contribution < -0.4 is 5.32 Å². The molecular weight excluding hydrogens is 340 g/mol. The topological polar surface area (TPSA) is 71.3 Å². The maximum atomic E-state index is 12.2. The molecule has 0 atom stereocenters. The minimum atomic E-state index is -0.0735.